The van der Waals surface area contributed by atoms with Crippen molar-refractivity contribution in [3.05, 3.63) is 35.5 Å². The molecule has 0 saturated heterocycles. The minimum Gasteiger partial charge on any atom is -0.478 e. The normalized spacial score (nSPS) is 10.1. The highest BCUT2D eigenvalue weighted by molar-refractivity contribution is 6.33. The molecule has 0 aliphatic rings. The Labute approximate surface area is 110 Å². The van der Waals surface area contributed by atoms with Gasteiger partial charge in [0.25, 0.3) is 0 Å². The molecule has 6 heteroatoms. The largest absolute Gasteiger partial charge is 0.478 e. The summed E-state index contributed by atoms with van der Waals surface area (Å²) in [5.41, 5.74) is 0.0628. The monoisotopic (exact) mass is 270 g/mol. The van der Waals surface area contributed by atoms with Gasteiger partial charge in [-0.25, -0.2) is 9.78 Å². The van der Waals surface area contributed by atoms with E-state index in [1.165, 1.54) is 12.3 Å². The number of nitrogens with one attached hydrogen (secondary N) is 1. The van der Waals surface area contributed by atoms with Crippen LogP contribution >= 0.6 is 11.6 Å². The highest BCUT2D eigenvalue weighted by Gasteiger charge is 2.07. The third kappa shape index (κ3) is 4.73. The van der Waals surface area contributed by atoms with E-state index in [1.807, 2.05) is 0 Å². The molecule has 0 aliphatic heterocycles. The zero-order chi connectivity index (χ0) is 13.4. The zero-order valence-corrected chi connectivity index (χ0v) is 10.6. The van der Waals surface area contributed by atoms with Crippen LogP contribution in [0.4, 0.5) is 5.82 Å². The molecule has 0 radical (unpaired) electrons. The molecule has 1 aromatic heterocycles. The van der Waals surface area contributed by atoms with Crippen LogP contribution in [-0.4, -0.2) is 35.8 Å². The van der Waals surface area contributed by atoms with E-state index in [1.54, 1.807) is 6.08 Å². The Morgan fingerprint density at radius 3 is 3.00 bits per heavy atom. The van der Waals surface area contributed by atoms with Crippen LogP contribution in [0.25, 0.3) is 0 Å². The molecular weight excluding hydrogens is 256 g/mol. The molecular formula is C12H15ClN2O3. The molecule has 0 spiro atoms. The van der Waals surface area contributed by atoms with Gasteiger partial charge in [0.15, 0.2) is 0 Å². The second-order valence-electron chi connectivity index (χ2n) is 3.48. The fraction of sp³-hybridized carbons (Fsp3) is 0.333. The molecule has 2 N–H and O–H groups in total. The van der Waals surface area contributed by atoms with Crippen molar-refractivity contribution in [1.29, 1.82) is 0 Å². The number of ether oxygens (including phenoxy) is 1. The summed E-state index contributed by atoms with van der Waals surface area (Å²) in [5.74, 6) is -0.599. The summed E-state index contributed by atoms with van der Waals surface area (Å²) in [7, 11) is 0. The number of aromatic carboxylic acids is 1. The van der Waals surface area contributed by atoms with Crippen molar-refractivity contribution >= 4 is 23.4 Å². The van der Waals surface area contributed by atoms with Crippen LogP contribution in [0.1, 0.15) is 16.8 Å². The first kappa shape index (κ1) is 14.5. The van der Waals surface area contributed by atoms with Crippen LogP contribution in [0, 0.1) is 0 Å². The molecule has 1 rings (SSSR count). The molecule has 0 amide bonds. The maximum atomic E-state index is 10.7. The molecule has 1 heterocycles. The number of halogens is 1. The Hall–Kier alpha value is -1.59. The maximum Gasteiger partial charge on any atom is 0.337 e. The molecule has 0 bridgehead atoms. The van der Waals surface area contributed by atoms with Crippen LogP contribution in [0.2, 0.25) is 5.02 Å². The van der Waals surface area contributed by atoms with Gasteiger partial charge in [-0.1, -0.05) is 17.7 Å². The van der Waals surface area contributed by atoms with Crippen molar-refractivity contribution in [2.24, 2.45) is 0 Å². The lowest BCUT2D eigenvalue weighted by Gasteiger charge is -2.08. The number of nitrogens with zero attached hydrogens (tertiary/aromatic N) is 1. The second kappa shape index (κ2) is 7.68. The maximum absolute atomic E-state index is 10.7. The Balaban J connectivity index is 2.38. The molecule has 5 nitrogen and oxygen atoms in total. The summed E-state index contributed by atoms with van der Waals surface area (Å²) in [4.78, 5) is 14.6. The lowest BCUT2D eigenvalue weighted by atomic mass is 10.3. The van der Waals surface area contributed by atoms with E-state index in [0.29, 0.717) is 25.6 Å². The highest BCUT2D eigenvalue weighted by atomic mass is 35.5. The van der Waals surface area contributed by atoms with Gasteiger partial charge in [0.05, 0.1) is 23.8 Å². The fourth-order valence-corrected chi connectivity index (χ4v) is 1.43. The topological polar surface area (TPSA) is 71.5 Å². The van der Waals surface area contributed by atoms with Gasteiger partial charge in [0, 0.05) is 12.7 Å². The zero-order valence-electron chi connectivity index (χ0n) is 9.86. The molecule has 0 aliphatic carbocycles. The smallest absolute Gasteiger partial charge is 0.337 e. The van der Waals surface area contributed by atoms with Crippen molar-refractivity contribution in [3.63, 3.8) is 0 Å². The summed E-state index contributed by atoms with van der Waals surface area (Å²) in [6.07, 6.45) is 3.86. The average Bonchev–Trinajstić information content (AvgIpc) is 2.35. The summed E-state index contributed by atoms with van der Waals surface area (Å²) < 4.78 is 5.30. The van der Waals surface area contributed by atoms with Gasteiger partial charge < -0.3 is 15.2 Å². The Bertz CT molecular complexity index is 424. The standard InChI is InChI=1S/C12H15ClN2O3/c1-2-3-5-18-6-4-14-11-10(13)7-9(8-15-11)12(16)17/h2,7-8H,1,3-6H2,(H,14,15)(H,16,17). The van der Waals surface area contributed by atoms with Crippen molar-refractivity contribution in [2.45, 2.75) is 6.42 Å². The van der Waals surface area contributed by atoms with Gasteiger partial charge in [0.2, 0.25) is 0 Å². The minimum atomic E-state index is -1.05. The first-order valence-corrected chi connectivity index (χ1v) is 5.84. The lowest BCUT2D eigenvalue weighted by Crippen LogP contribution is -2.11. The molecule has 0 unspecified atom stereocenters. The number of carboxylic acids is 1. The Morgan fingerprint density at radius 2 is 2.39 bits per heavy atom. The van der Waals surface area contributed by atoms with Crippen LogP contribution < -0.4 is 5.32 Å². The number of carbonyl (C=O) groups is 1. The van der Waals surface area contributed by atoms with Gasteiger partial charge in [-0.05, 0) is 12.5 Å². The van der Waals surface area contributed by atoms with Gasteiger partial charge in [0.1, 0.15) is 5.82 Å². The molecule has 98 valence electrons. The second-order valence-corrected chi connectivity index (χ2v) is 3.88. The van der Waals surface area contributed by atoms with Crippen molar-refractivity contribution < 1.29 is 14.6 Å². The van der Waals surface area contributed by atoms with Gasteiger partial charge in [-0.2, -0.15) is 0 Å². The first-order valence-electron chi connectivity index (χ1n) is 5.46. The van der Waals surface area contributed by atoms with E-state index in [9.17, 15) is 4.79 Å². The lowest BCUT2D eigenvalue weighted by molar-refractivity contribution is 0.0696. The first-order chi connectivity index (χ1) is 8.65. The van der Waals surface area contributed by atoms with E-state index in [2.05, 4.69) is 16.9 Å². The summed E-state index contributed by atoms with van der Waals surface area (Å²) >= 11 is 5.89. The third-order valence-electron chi connectivity index (χ3n) is 2.09. The molecule has 0 fully saturated rings. The predicted molar refractivity (Wildman–Crippen MR) is 70.3 cm³/mol. The molecule has 18 heavy (non-hydrogen) atoms. The summed E-state index contributed by atoms with van der Waals surface area (Å²) in [5, 5.41) is 12.0. The average molecular weight is 271 g/mol. The molecule has 0 aromatic carbocycles. The van der Waals surface area contributed by atoms with Gasteiger partial charge >= 0.3 is 5.97 Å². The Morgan fingerprint density at radius 1 is 1.61 bits per heavy atom. The van der Waals surface area contributed by atoms with Crippen LogP contribution in [0.3, 0.4) is 0 Å². The van der Waals surface area contributed by atoms with E-state index in [-0.39, 0.29) is 10.6 Å². The van der Waals surface area contributed by atoms with E-state index >= 15 is 0 Å². The summed E-state index contributed by atoms with van der Waals surface area (Å²) in [6.45, 7) is 5.29. The van der Waals surface area contributed by atoms with Gasteiger partial charge in [-0.3, -0.25) is 0 Å². The number of aromatic nitrogens is 1. The van der Waals surface area contributed by atoms with Crippen LogP contribution in [0.15, 0.2) is 24.9 Å². The highest BCUT2D eigenvalue weighted by Crippen LogP contribution is 2.19. The number of hydrogen-bond acceptors (Lipinski definition) is 4. The fourth-order valence-electron chi connectivity index (χ4n) is 1.20. The predicted octanol–water partition coefficient (Wildman–Crippen LogP) is 2.44. The van der Waals surface area contributed by atoms with E-state index < -0.39 is 5.97 Å². The van der Waals surface area contributed by atoms with Crippen molar-refractivity contribution in [2.75, 3.05) is 25.1 Å². The third-order valence-corrected chi connectivity index (χ3v) is 2.38. The number of carboxylic acid groups (broad SMARTS) is 1. The minimum absolute atomic E-state index is 0.0628. The Kier molecular flexibility index (Phi) is 6.18. The van der Waals surface area contributed by atoms with Crippen molar-refractivity contribution in [1.82, 2.24) is 4.98 Å². The number of pyridine rings is 1. The van der Waals surface area contributed by atoms with Gasteiger partial charge in [-0.15, -0.1) is 6.58 Å². The SMILES string of the molecule is C=CCCOCCNc1ncc(C(=O)O)cc1Cl. The van der Waals surface area contributed by atoms with E-state index in [4.69, 9.17) is 21.4 Å². The van der Waals surface area contributed by atoms with E-state index in [0.717, 1.165) is 6.42 Å². The number of rotatable bonds is 8. The van der Waals surface area contributed by atoms with Crippen LogP contribution in [-0.2, 0) is 4.74 Å². The number of hydrogen-bond donors (Lipinski definition) is 2. The molecule has 1 aromatic rings. The summed E-state index contributed by atoms with van der Waals surface area (Å²) in [6, 6.07) is 1.36. The quantitative estimate of drug-likeness (QED) is 0.561. The van der Waals surface area contributed by atoms with Crippen molar-refractivity contribution in [3.8, 4) is 0 Å². The number of anilines is 1. The molecule has 0 atom stereocenters. The van der Waals surface area contributed by atoms with Crippen LogP contribution in [0.5, 0.6) is 0 Å². The molecule has 0 saturated carbocycles.